The highest BCUT2D eigenvalue weighted by Gasteiger charge is 2.24. The molecule has 1 amide bonds. The molecule has 0 spiro atoms. The Kier molecular flexibility index (Phi) is 63.1. The summed E-state index contributed by atoms with van der Waals surface area (Å²) in [4.78, 5) is 25.7. The summed E-state index contributed by atoms with van der Waals surface area (Å²) < 4.78 is 23.6. The van der Waals surface area contributed by atoms with Gasteiger partial charge in [-0.15, -0.1) is 0 Å². The Balaban J connectivity index is 3.97. The summed E-state index contributed by atoms with van der Waals surface area (Å²) in [6.45, 7) is 4.79. The maximum atomic E-state index is 13.1. The number of carbonyl (C=O) groups excluding carboxylic acids is 1. The number of aliphatic hydroxyl groups excluding tert-OH is 1. The van der Waals surface area contributed by atoms with Gasteiger partial charge in [0.1, 0.15) is 13.2 Å². The minimum atomic E-state index is -4.58. The van der Waals surface area contributed by atoms with Crippen LogP contribution in [0.1, 0.15) is 393 Å². The van der Waals surface area contributed by atoms with E-state index in [1.54, 1.807) is 0 Å². The smallest absolute Gasteiger partial charge is 0.268 e. The Morgan fingerprint density at radius 2 is 0.679 bits per heavy atom. The lowest BCUT2D eigenvalue weighted by molar-refractivity contribution is -0.870. The Morgan fingerprint density at radius 3 is 0.963 bits per heavy atom. The number of allylic oxidation sites excluding steroid dienone is 2. The van der Waals surface area contributed by atoms with Crippen molar-refractivity contribution in [2.24, 2.45) is 0 Å². The Labute approximate surface area is 507 Å². The molecular weight excluding hydrogens is 1020 g/mol. The van der Waals surface area contributed by atoms with Crippen LogP contribution in [-0.2, 0) is 18.4 Å². The van der Waals surface area contributed by atoms with Crippen molar-refractivity contribution in [3.63, 3.8) is 0 Å². The zero-order valence-electron chi connectivity index (χ0n) is 55.5. The van der Waals surface area contributed by atoms with Gasteiger partial charge in [-0.3, -0.25) is 9.36 Å². The fraction of sp³-hybridized carbons (Fsp3) is 0.958. The summed E-state index contributed by atoms with van der Waals surface area (Å²) in [5.41, 5.74) is 0. The lowest BCUT2D eigenvalue weighted by atomic mass is 10.0. The van der Waals surface area contributed by atoms with Gasteiger partial charge in [-0.05, 0) is 38.5 Å². The molecule has 0 bridgehead atoms. The number of nitrogens with zero attached hydrogens (tertiary/aromatic N) is 1. The van der Waals surface area contributed by atoms with E-state index < -0.39 is 20.0 Å². The third kappa shape index (κ3) is 66.6. The van der Waals surface area contributed by atoms with Crippen molar-refractivity contribution in [3.05, 3.63) is 12.2 Å². The monoisotopic (exact) mass is 1170 g/mol. The standard InChI is InChI=1S/C72H145N2O6P/c1-6-8-10-12-14-16-18-20-22-24-26-28-30-32-34-36-38-39-41-43-45-47-49-51-53-55-57-59-61-63-65-71(75)70(69-80-81(77,78)79-68-67-74(3,4)5)73-72(76)66-64-62-60-58-56-54-52-50-48-46-44-42-40-37-35-33-31-29-27-25-23-21-19-17-15-13-11-9-7-2/h25,27,70-71,75H,6-24,26,28-69H2,1-5H3,(H-,73,76,77,78)/b27-25-. The molecule has 2 N–H and O–H groups in total. The van der Waals surface area contributed by atoms with Crippen LogP contribution in [0.25, 0.3) is 0 Å². The van der Waals surface area contributed by atoms with Crippen LogP contribution < -0.4 is 10.2 Å². The molecule has 484 valence electrons. The Morgan fingerprint density at radius 1 is 0.420 bits per heavy atom. The fourth-order valence-electron chi connectivity index (χ4n) is 11.6. The number of hydrogen-bond donors (Lipinski definition) is 2. The molecule has 0 aliphatic heterocycles. The lowest BCUT2D eigenvalue weighted by Crippen LogP contribution is -2.46. The number of carbonyl (C=O) groups is 1. The first-order valence-electron chi connectivity index (χ1n) is 36.5. The third-order valence-electron chi connectivity index (χ3n) is 17.3. The van der Waals surface area contributed by atoms with Gasteiger partial charge in [0, 0.05) is 6.42 Å². The number of rotatable bonds is 69. The number of phosphoric ester groups is 1. The van der Waals surface area contributed by atoms with E-state index in [-0.39, 0.29) is 19.1 Å². The highest BCUT2D eigenvalue weighted by atomic mass is 31.2. The van der Waals surface area contributed by atoms with E-state index in [1.165, 1.54) is 327 Å². The highest BCUT2D eigenvalue weighted by Crippen LogP contribution is 2.38. The van der Waals surface area contributed by atoms with E-state index in [4.69, 9.17) is 9.05 Å². The largest absolute Gasteiger partial charge is 0.756 e. The second kappa shape index (κ2) is 63.7. The van der Waals surface area contributed by atoms with Crippen molar-refractivity contribution in [1.82, 2.24) is 5.32 Å². The minimum absolute atomic E-state index is 0.0158. The van der Waals surface area contributed by atoms with Crippen molar-refractivity contribution < 1.29 is 32.9 Å². The predicted octanol–water partition coefficient (Wildman–Crippen LogP) is 22.7. The van der Waals surface area contributed by atoms with Crippen LogP contribution in [0.3, 0.4) is 0 Å². The maximum absolute atomic E-state index is 13.1. The first-order valence-corrected chi connectivity index (χ1v) is 38.0. The van der Waals surface area contributed by atoms with Crippen molar-refractivity contribution in [2.75, 3.05) is 40.9 Å². The molecule has 0 aromatic heterocycles. The molecule has 0 fully saturated rings. The summed E-state index contributed by atoms with van der Waals surface area (Å²) >= 11 is 0. The van der Waals surface area contributed by atoms with E-state index in [9.17, 15) is 19.4 Å². The lowest BCUT2D eigenvalue weighted by Gasteiger charge is -2.30. The van der Waals surface area contributed by atoms with Gasteiger partial charge in [-0.2, -0.15) is 0 Å². The second-order valence-corrected chi connectivity index (χ2v) is 28.1. The molecule has 3 unspecified atom stereocenters. The van der Waals surface area contributed by atoms with Gasteiger partial charge in [0.05, 0.1) is 39.9 Å². The third-order valence-corrected chi connectivity index (χ3v) is 18.2. The average Bonchev–Trinajstić information content (AvgIpc) is 3.43. The first-order chi connectivity index (χ1) is 39.5. The van der Waals surface area contributed by atoms with Crippen LogP contribution in [0.5, 0.6) is 0 Å². The number of quaternary nitrogens is 1. The van der Waals surface area contributed by atoms with Crippen molar-refractivity contribution in [2.45, 2.75) is 405 Å². The number of nitrogens with one attached hydrogen (secondary N) is 1. The van der Waals surface area contributed by atoms with Gasteiger partial charge < -0.3 is 28.8 Å². The fourth-order valence-corrected chi connectivity index (χ4v) is 12.3. The number of hydrogen-bond acceptors (Lipinski definition) is 6. The molecule has 0 aromatic rings. The molecule has 3 atom stereocenters. The van der Waals surface area contributed by atoms with Crippen molar-refractivity contribution >= 4 is 13.7 Å². The van der Waals surface area contributed by atoms with Gasteiger partial charge in [0.25, 0.3) is 7.82 Å². The highest BCUT2D eigenvalue weighted by molar-refractivity contribution is 7.45. The molecule has 0 heterocycles. The van der Waals surface area contributed by atoms with E-state index in [0.29, 0.717) is 23.9 Å². The summed E-state index contributed by atoms with van der Waals surface area (Å²) in [7, 11) is 1.33. The maximum Gasteiger partial charge on any atom is 0.268 e. The summed E-state index contributed by atoms with van der Waals surface area (Å²) in [5, 5.41) is 14.1. The Bertz CT molecular complexity index is 1320. The molecule has 81 heavy (non-hydrogen) atoms. The van der Waals surface area contributed by atoms with Crippen LogP contribution in [0.15, 0.2) is 12.2 Å². The van der Waals surface area contributed by atoms with Gasteiger partial charge in [0.2, 0.25) is 5.91 Å². The van der Waals surface area contributed by atoms with E-state index >= 15 is 0 Å². The van der Waals surface area contributed by atoms with Crippen molar-refractivity contribution in [3.8, 4) is 0 Å². The van der Waals surface area contributed by atoms with Crippen LogP contribution >= 0.6 is 7.82 Å². The normalized spacial score (nSPS) is 13.6. The molecule has 0 aromatic carbocycles. The van der Waals surface area contributed by atoms with E-state index in [2.05, 4.69) is 31.3 Å². The van der Waals surface area contributed by atoms with Crippen LogP contribution in [0.4, 0.5) is 0 Å². The summed E-state index contributed by atoms with van der Waals surface area (Å²) in [6, 6.07) is -0.799. The zero-order valence-corrected chi connectivity index (χ0v) is 56.4. The second-order valence-electron chi connectivity index (χ2n) is 26.7. The van der Waals surface area contributed by atoms with Crippen molar-refractivity contribution in [1.29, 1.82) is 0 Å². The number of phosphoric acid groups is 1. The average molecular weight is 1170 g/mol. The van der Waals surface area contributed by atoms with E-state index in [1.807, 2.05) is 21.1 Å². The molecule has 0 rings (SSSR count). The molecule has 0 aliphatic rings. The van der Waals surface area contributed by atoms with Crippen LogP contribution in [0, 0.1) is 0 Å². The zero-order chi connectivity index (χ0) is 59.1. The molecule has 0 saturated heterocycles. The summed E-state index contributed by atoms with van der Waals surface area (Å²) in [5.74, 6) is -0.155. The van der Waals surface area contributed by atoms with Crippen LogP contribution in [0.2, 0.25) is 0 Å². The number of unbranched alkanes of at least 4 members (excludes halogenated alkanes) is 54. The van der Waals surface area contributed by atoms with E-state index in [0.717, 1.165) is 38.5 Å². The van der Waals surface area contributed by atoms with Gasteiger partial charge in [0.15, 0.2) is 0 Å². The molecule has 9 heteroatoms. The van der Waals surface area contributed by atoms with Gasteiger partial charge in [-0.25, -0.2) is 0 Å². The molecular formula is C72H145N2O6P. The molecule has 0 aliphatic carbocycles. The number of aliphatic hydroxyl groups is 1. The minimum Gasteiger partial charge on any atom is -0.756 e. The van der Waals surface area contributed by atoms with Gasteiger partial charge in [-0.1, -0.05) is 360 Å². The molecule has 0 saturated carbocycles. The number of amides is 1. The quantitative estimate of drug-likeness (QED) is 0.0272. The first kappa shape index (κ1) is 80.2. The molecule has 8 nitrogen and oxygen atoms in total. The van der Waals surface area contributed by atoms with Gasteiger partial charge >= 0.3 is 0 Å². The number of likely N-dealkylation sites (N-methyl/N-ethyl adjacent to an activating group) is 1. The SMILES string of the molecule is CCCCCCCCCC/C=C\CCCCCCCCCCCCCCCCCCCC(=O)NC(COP(=O)([O-])OCC[N+](C)(C)C)C(O)CCCCCCCCCCCCCCCCCCCCCCCCCCCCCCCC. The Hall–Kier alpha value is -0.760. The van der Waals surface area contributed by atoms with Crippen LogP contribution in [-0.4, -0.2) is 68.5 Å². The summed E-state index contributed by atoms with van der Waals surface area (Å²) in [6.07, 6.45) is 81.6. The topological polar surface area (TPSA) is 108 Å². The predicted molar refractivity (Wildman–Crippen MR) is 353 cm³/mol. The molecule has 0 radical (unpaired) electrons.